The second kappa shape index (κ2) is 10.4. The molecule has 2 amide bonds. The molecule has 0 saturated carbocycles. The van der Waals surface area contributed by atoms with Gasteiger partial charge in [0.15, 0.2) is 5.78 Å². The molecule has 23 heavy (non-hydrogen) atoms. The molecule has 2 atom stereocenters. The lowest BCUT2D eigenvalue weighted by molar-refractivity contribution is -0.128. The van der Waals surface area contributed by atoms with Gasteiger partial charge in [-0.05, 0) is 38.8 Å². The lowest BCUT2D eigenvalue weighted by Gasteiger charge is -2.19. The van der Waals surface area contributed by atoms with Crippen molar-refractivity contribution < 1.29 is 14.4 Å². The molecule has 1 aliphatic rings. The second-order valence-electron chi connectivity index (χ2n) is 6.55. The van der Waals surface area contributed by atoms with Crippen molar-refractivity contribution in [2.45, 2.75) is 64.8 Å². The Kier molecular flexibility index (Phi) is 8.84. The molecule has 1 fully saturated rings. The maximum atomic E-state index is 12.3. The van der Waals surface area contributed by atoms with E-state index in [1.165, 1.54) is 12.8 Å². The highest BCUT2D eigenvalue weighted by molar-refractivity contribution is 5.90. The topological polar surface area (TPSA) is 92.5 Å². The zero-order valence-corrected chi connectivity index (χ0v) is 14.5. The van der Waals surface area contributed by atoms with Crippen molar-refractivity contribution in [3.05, 3.63) is 0 Å². The molecule has 0 spiro atoms. The van der Waals surface area contributed by atoms with Gasteiger partial charge in [-0.3, -0.25) is 19.3 Å². The molecule has 1 unspecified atom stereocenters. The summed E-state index contributed by atoms with van der Waals surface area (Å²) in [6.45, 7) is 6.17. The molecule has 1 saturated heterocycles. The van der Waals surface area contributed by atoms with Crippen LogP contribution in [0, 0.1) is 5.92 Å². The van der Waals surface area contributed by atoms with E-state index in [0.29, 0.717) is 19.4 Å². The summed E-state index contributed by atoms with van der Waals surface area (Å²) in [5, 5.41) is 2.82. The van der Waals surface area contributed by atoms with Gasteiger partial charge in [-0.2, -0.15) is 0 Å². The summed E-state index contributed by atoms with van der Waals surface area (Å²) < 4.78 is 0. The van der Waals surface area contributed by atoms with Crippen LogP contribution in [-0.2, 0) is 14.4 Å². The fourth-order valence-corrected chi connectivity index (χ4v) is 2.77. The van der Waals surface area contributed by atoms with E-state index in [9.17, 15) is 14.4 Å². The van der Waals surface area contributed by atoms with Crippen LogP contribution in [0.1, 0.15) is 58.8 Å². The van der Waals surface area contributed by atoms with Crippen LogP contribution in [0.4, 0.5) is 0 Å². The van der Waals surface area contributed by atoms with Crippen LogP contribution in [0.25, 0.3) is 0 Å². The van der Waals surface area contributed by atoms with Crippen LogP contribution in [0.3, 0.4) is 0 Å². The predicted octanol–water partition coefficient (Wildman–Crippen LogP) is 1.23. The Balaban J connectivity index is 2.37. The normalized spacial score (nSPS) is 20.8. The highest BCUT2D eigenvalue weighted by atomic mass is 16.2. The average molecular weight is 325 g/mol. The minimum atomic E-state index is -0.397. The number of carbonyl (C=O) groups excluding carboxylic acids is 3. The van der Waals surface area contributed by atoms with E-state index in [1.807, 2.05) is 0 Å². The minimum absolute atomic E-state index is 0.0929. The number of amides is 2. The summed E-state index contributed by atoms with van der Waals surface area (Å²) in [5.41, 5.74) is 5.18. The van der Waals surface area contributed by atoms with E-state index < -0.39 is 5.91 Å². The first kappa shape index (κ1) is 19.6. The number of hydrogen-bond acceptors (Lipinski definition) is 4. The van der Waals surface area contributed by atoms with Gasteiger partial charge in [0.2, 0.25) is 11.8 Å². The zero-order valence-electron chi connectivity index (χ0n) is 14.5. The Bertz CT molecular complexity index is 412. The predicted molar refractivity (Wildman–Crippen MR) is 89.7 cm³/mol. The smallest absolute Gasteiger partial charge is 0.220 e. The van der Waals surface area contributed by atoms with Crippen molar-refractivity contribution in [3.63, 3.8) is 0 Å². The van der Waals surface area contributed by atoms with Crippen LogP contribution >= 0.6 is 0 Å². The van der Waals surface area contributed by atoms with Gasteiger partial charge in [-0.25, -0.2) is 0 Å². The molecule has 1 heterocycles. The van der Waals surface area contributed by atoms with E-state index in [4.69, 9.17) is 5.73 Å². The van der Waals surface area contributed by atoms with Crippen LogP contribution in [0.15, 0.2) is 0 Å². The SMILES string of the molecule is CCCCCN1CCC[C@H](NC(=O)CCC(C)C(N)=O)C(=O)C1. The second-order valence-corrected chi connectivity index (χ2v) is 6.55. The van der Waals surface area contributed by atoms with Crippen molar-refractivity contribution >= 4 is 17.6 Å². The molecule has 6 heteroatoms. The van der Waals surface area contributed by atoms with Crippen molar-refractivity contribution in [3.8, 4) is 0 Å². The summed E-state index contributed by atoms with van der Waals surface area (Å²) >= 11 is 0. The van der Waals surface area contributed by atoms with E-state index in [2.05, 4.69) is 17.1 Å². The Morgan fingerprint density at radius 1 is 1.39 bits per heavy atom. The molecule has 0 aromatic heterocycles. The number of likely N-dealkylation sites (tertiary alicyclic amines) is 1. The fourth-order valence-electron chi connectivity index (χ4n) is 2.77. The van der Waals surface area contributed by atoms with Crippen molar-refractivity contribution in [1.29, 1.82) is 0 Å². The van der Waals surface area contributed by atoms with E-state index in [1.54, 1.807) is 6.92 Å². The van der Waals surface area contributed by atoms with Crippen molar-refractivity contribution in [2.75, 3.05) is 19.6 Å². The maximum Gasteiger partial charge on any atom is 0.220 e. The first-order valence-electron chi connectivity index (χ1n) is 8.77. The van der Waals surface area contributed by atoms with Gasteiger partial charge in [-0.1, -0.05) is 26.7 Å². The van der Waals surface area contributed by atoms with E-state index >= 15 is 0 Å². The van der Waals surface area contributed by atoms with Gasteiger partial charge in [0.25, 0.3) is 0 Å². The van der Waals surface area contributed by atoms with Gasteiger partial charge in [-0.15, -0.1) is 0 Å². The summed E-state index contributed by atoms with van der Waals surface area (Å²) in [5.74, 6) is -0.795. The largest absolute Gasteiger partial charge is 0.369 e. The molecule has 3 N–H and O–H groups in total. The minimum Gasteiger partial charge on any atom is -0.369 e. The first-order chi connectivity index (χ1) is 10.9. The summed E-state index contributed by atoms with van der Waals surface area (Å²) in [7, 11) is 0. The van der Waals surface area contributed by atoms with E-state index in [-0.39, 0.29) is 30.1 Å². The third-order valence-electron chi connectivity index (χ3n) is 4.44. The molecule has 0 aromatic rings. The van der Waals surface area contributed by atoms with Crippen LogP contribution < -0.4 is 11.1 Å². The first-order valence-corrected chi connectivity index (χ1v) is 8.77. The van der Waals surface area contributed by atoms with Gasteiger partial charge < -0.3 is 11.1 Å². The number of hydrogen-bond donors (Lipinski definition) is 2. The highest BCUT2D eigenvalue weighted by Crippen LogP contribution is 2.11. The third-order valence-corrected chi connectivity index (χ3v) is 4.44. The number of unbranched alkanes of at least 4 members (excludes halogenated alkanes) is 2. The van der Waals surface area contributed by atoms with Crippen LogP contribution in [0.5, 0.6) is 0 Å². The molecule has 0 aliphatic carbocycles. The molecule has 1 rings (SSSR count). The maximum absolute atomic E-state index is 12.3. The fraction of sp³-hybridized carbons (Fsp3) is 0.824. The van der Waals surface area contributed by atoms with Gasteiger partial charge in [0, 0.05) is 12.3 Å². The zero-order chi connectivity index (χ0) is 17.2. The quantitative estimate of drug-likeness (QED) is 0.624. The third kappa shape index (κ3) is 7.59. The number of nitrogens with zero attached hydrogens (tertiary/aromatic N) is 1. The standard InChI is InChI=1S/C17H31N3O3/c1-3-4-5-10-20-11-6-7-14(15(21)12-20)19-16(22)9-8-13(2)17(18)23/h13-14H,3-12H2,1-2H3,(H2,18,23)(H,19,22)/t13?,14-/m0/s1. The summed E-state index contributed by atoms with van der Waals surface area (Å²) in [6, 6.07) is -0.387. The highest BCUT2D eigenvalue weighted by Gasteiger charge is 2.26. The number of Topliss-reactive ketones (excluding diaryl/α,β-unsaturated/α-hetero) is 1. The molecular formula is C17H31N3O3. The number of primary amides is 1. The molecule has 0 bridgehead atoms. The molecular weight excluding hydrogens is 294 g/mol. The molecule has 132 valence electrons. The lowest BCUT2D eigenvalue weighted by atomic mass is 10.0. The van der Waals surface area contributed by atoms with Gasteiger partial charge >= 0.3 is 0 Å². The Morgan fingerprint density at radius 2 is 2.13 bits per heavy atom. The lowest BCUT2D eigenvalue weighted by Crippen LogP contribution is -2.43. The van der Waals surface area contributed by atoms with Gasteiger partial charge in [0.05, 0.1) is 12.6 Å². The summed E-state index contributed by atoms with van der Waals surface area (Å²) in [4.78, 5) is 37.4. The number of nitrogens with one attached hydrogen (secondary N) is 1. The Hall–Kier alpha value is -1.43. The van der Waals surface area contributed by atoms with Crippen LogP contribution in [-0.4, -0.2) is 48.2 Å². The molecule has 0 radical (unpaired) electrons. The number of ketones is 1. The Morgan fingerprint density at radius 3 is 2.78 bits per heavy atom. The number of rotatable bonds is 9. The monoisotopic (exact) mass is 325 g/mol. The van der Waals surface area contributed by atoms with Crippen molar-refractivity contribution in [2.24, 2.45) is 11.7 Å². The Labute approximate surface area is 139 Å². The average Bonchev–Trinajstić information content (AvgIpc) is 2.67. The van der Waals surface area contributed by atoms with E-state index in [0.717, 1.165) is 25.9 Å². The molecule has 0 aromatic carbocycles. The van der Waals surface area contributed by atoms with Crippen molar-refractivity contribution in [1.82, 2.24) is 10.2 Å². The van der Waals surface area contributed by atoms with Gasteiger partial charge in [0.1, 0.15) is 0 Å². The molecule has 6 nitrogen and oxygen atoms in total. The summed E-state index contributed by atoms with van der Waals surface area (Å²) in [6.07, 6.45) is 5.74. The van der Waals surface area contributed by atoms with Crippen LogP contribution in [0.2, 0.25) is 0 Å². The number of carbonyl (C=O) groups is 3. The molecule has 1 aliphatic heterocycles. The number of nitrogens with two attached hydrogens (primary N) is 1.